The molecule has 0 aliphatic carbocycles. The van der Waals surface area contributed by atoms with Crippen molar-refractivity contribution in [3.63, 3.8) is 0 Å². The first kappa shape index (κ1) is 14.3. The SMILES string of the molecule is c1ccc(C(c2ccccc2)(c2ncccn2)n2ccnc2)cc1. The molecular weight excluding hydrogens is 296 g/mol. The minimum atomic E-state index is -0.666. The van der Waals surface area contributed by atoms with E-state index in [2.05, 4.69) is 43.8 Å². The monoisotopic (exact) mass is 312 g/mol. The van der Waals surface area contributed by atoms with Crippen LogP contribution in [0.5, 0.6) is 0 Å². The summed E-state index contributed by atoms with van der Waals surface area (Å²) in [7, 11) is 0. The highest BCUT2D eigenvalue weighted by Crippen LogP contribution is 2.38. The van der Waals surface area contributed by atoms with Crippen LogP contribution in [0.3, 0.4) is 0 Å². The third-order valence-electron chi connectivity index (χ3n) is 4.16. The van der Waals surface area contributed by atoms with Crippen LogP contribution in [0.4, 0.5) is 0 Å². The van der Waals surface area contributed by atoms with Crippen LogP contribution >= 0.6 is 0 Å². The standard InChI is InChI=1S/C20H16N4/c1-3-8-17(9-4-1)20(24-15-14-21-16-24,18-10-5-2-6-11-18)19-22-12-7-13-23-19/h1-16H. The lowest BCUT2D eigenvalue weighted by Crippen LogP contribution is -2.38. The van der Waals surface area contributed by atoms with E-state index in [4.69, 9.17) is 0 Å². The molecule has 0 fully saturated rings. The molecule has 0 radical (unpaired) electrons. The fourth-order valence-electron chi connectivity index (χ4n) is 3.14. The third-order valence-corrected chi connectivity index (χ3v) is 4.16. The van der Waals surface area contributed by atoms with Crippen molar-refractivity contribution in [1.82, 2.24) is 19.5 Å². The van der Waals surface area contributed by atoms with Gasteiger partial charge in [-0.1, -0.05) is 60.7 Å². The van der Waals surface area contributed by atoms with Gasteiger partial charge in [-0.2, -0.15) is 0 Å². The predicted molar refractivity (Wildman–Crippen MR) is 92.4 cm³/mol. The Labute approximate surface area is 140 Å². The van der Waals surface area contributed by atoms with E-state index in [1.807, 2.05) is 55.0 Å². The molecule has 0 aliphatic heterocycles. The Morgan fingerprint density at radius 1 is 0.667 bits per heavy atom. The number of rotatable bonds is 4. The highest BCUT2D eigenvalue weighted by atomic mass is 15.1. The molecule has 0 bridgehead atoms. The van der Waals surface area contributed by atoms with Crippen LogP contribution in [0, 0.1) is 0 Å². The van der Waals surface area contributed by atoms with Gasteiger partial charge < -0.3 is 4.57 Å². The van der Waals surface area contributed by atoms with E-state index < -0.39 is 5.54 Å². The highest BCUT2D eigenvalue weighted by Gasteiger charge is 2.40. The highest BCUT2D eigenvalue weighted by molar-refractivity contribution is 5.46. The number of imidazole rings is 1. The summed E-state index contributed by atoms with van der Waals surface area (Å²) in [6.45, 7) is 0. The molecule has 2 heterocycles. The van der Waals surface area contributed by atoms with E-state index >= 15 is 0 Å². The van der Waals surface area contributed by atoms with Crippen LogP contribution in [0.15, 0.2) is 97.8 Å². The lowest BCUT2D eigenvalue weighted by Gasteiger charge is -2.34. The van der Waals surface area contributed by atoms with Crippen molar-refractivity contribution in [2.24, 2.45) is 0 Å². The van der Waals surface area contributed by atoms with Crippen LogP contribution in [0.1, 0.15) is 17.0 Å². The molecule has 0 spiro atoms. The Balaban J connectivity index is 2.12. The van der Waals surface area contributed by atoms with Gasteiger partial charge in [-0.25, -0.2) is 15.0 Å². The van der Waals surface area contributed by atoms with Crippen LogP contribution in [0.2, 0.25) is 0 Å². The van der Waals surface area contributed by atoms with E-state index in [9.17, 15) is 0 Å². The van der Waals surface area contributed by atoms with Gasteiger partial charge in [0, 0.05) is 24.8 Å². The van der Waals surface area contributed by atoms with Gasteiger partial charge in [-0.05, 0) is 17.2 Å². The fraction of sp³-hybridized carbons (Fsp3) is 0.0500. The number of hydrogen-bond acceptors (Lipinski definition) is 3. The molecule has 0 saturated carbocycles. The summed E-state index contributed by atoms with van der Waals surface area (Å²) in [4.78, 5) is 13.5. The van der Waals surface area contributed by atoms with Crippen molar-refractivity contribution < 1.29 is 0 Å². The van der Waals surface area contributed by atoms with Crippen molar-refractivity contribution in [1.29, 1.82) is 0 Å². The number of nitrogens with zero attached hydrogens (tertiary/aromatic N) is 4. The summed E-state index contributed by atoms with van der Waals surface area (Å²) in [5, 5.41) is 0. The normalized spacial score (nSPS) is 11.3. The summed E-state index contributed by atoms with van der Waals surface area (Å²) in [5.41, 5.74) is 1.50. The topological polar surface area (TPSA) is 43.6 Å². The number of benzene rings is 2. The Hall–Kier alpha value is -3.27. The van der Waals surface area contributed by atoms with E-state index in [1.165, 1.54) is 0 Å². The van der Waals surface area contributed by atoms with Gasteiger partial charge in [0.05, 0.1) is 6.33 Å². The van der Waals surface area contributed by atoms with Crippen molar-refractivity contribution in [2.45, 2.75) is 5.54 Å². The van der Waals surface area contributed by atoms with Gasteiger partial charge >= 0.3 is 0 Å². The van der Waals surface area contributed by atoms with E-state index in [-0.39, 0.29) is 0 Å². The average molecular weight is 312 g/mol. The molecule has 116 valence electrons. The average Bonchev–Trinajstić information content (AvgIpc) is 3.20. The third kappa shape index (κ3) is 2.20. The zero-order chi connectivity index (χ0) is 16.2. The smallest absolute Gasteiger partial charge is 0.163 e. The number of hydrogen-bond donors (Lipinski definition) is 0. The van der Waals surface area contributed by atoms with E-state index in [0.717, 1.165) is 11.1 Å². The molecule has 4 rings (SSSR count). The molecule has 4 heteroatoms. The minimum absolute atomic E-state index is 0.666. The Bertz CT molecular complexity index is 792. The molecule has 0 saturated heterocycles. The van der Waals surface area contributed by atoms with Gasteiger partial charge in [0.25, 0.3) is 0 Å². The second kappa shape index (κ2) is 6.08. The Kier molecular flexibility index (Phi) is 3.63. The molecule has 0 atom stereocenters. The number of aromatic nitrogens is 4. The van der Waals surface area contributed by atoms with Crippen LogP contribution < -0.4 is 0 Å². The zero-order valence-electron chi connectivity index (χ0n) is 13.0. The van der Waals surface area contributed by atoms with Crippen molar-refractivity contribution in [3.05, 3.63) is 115 Å². The summed E-state index contributed by atoms with van der Waals surface area (Å²) >= 11 is 0. The van der Waals surface area contributed by atoms with E-state index in [1.54, 1.807) is 18.6 Å². The Morgan fingerprint density at radius 2 is 1.25 bits per heavy atom. The first-order valence-corrected chi connectivity index (χ1v) is 7.79. The fourth-order valence-corrected chi connectivity index (χ4v) is 3.14. The quantitative estimate of drug-likeness (QED) is 0.579. The second-order valence-electron chi connectivity index (χ2n) is 5.48. The minimum Gasteiger partial charge on any atom is -0.316 e. The predicted octanol–water partition coefficient (Wildman–Crippen LogP) is 3.51. The lowest BCUT2D eigenvalue weighted by molar-refractivity contribution is 0.483. The first-order valence-electron chi connectivity index (χ1n) is 7.79. The van der Waals surface area contributed by atoms with Crippen LogP contribution in [0.25, 0.3) is 0 Å². The molecule has 0 N–H and O–H groups in total. The van der Waals surface area contributed by atoms with Gasteiger partial charge in [0.15, 0.2) is 11.4 Å². The molecule has 0 amide bonds. The first-order chi connectivity index (χ1) is 11.9. The summed E-state index contributed by atoms with van der Waals surface area (Å²) < 4.78 is 2.06. The van der Waals surface area contributed by atoms with Crippen LogP contribution in [-0.4, -0.2) is 19.5 Å². The molecule has 0 unspecified atom stereocenters. The lowest BCUT2D eigenvalue weighted by atomic mass is 9.81. The van der Waals surface area contributed by atoms with Crippen molar-refractivity contribution in [2.75, 3.05) is 0 Å². The molecular formula is C20H16N4. The maximum atomic E-state index is 4.60. The largest absolute Gasteiger partial charge is 0.316 e. The zero-order valence-corrected chi connectivity index (χ0v) is 13.0. The van der Waals surface area contributed by atoms with Gasteiger partial charge in [-0.3, -0.25) is 0 Å². The van der Waals surface area contributed by atoms with Crippen LogP contribution in [-0.2, 0) is 5.54 Å². The van der Waals surface area contributed by atoms with Gasteiger partial charge in [-0.15, -0.1) is 0 Å². The van der Waals surface area contributed by atoms with Gasteiger partial charge in [0.2, 0.25) is 0 Å². The maximum absolute atomic E-state index is 4.60. The molecule has 2 aromatic carbocycles. The summed E-state index contributed by atoms with van der Waals surface area (Å²) in [6.07, 6.45) is 9.11. The summed E-state index contributed by atoms with van der Waals surface area (Å²) in [5.74, 6) is 0.709. The maximum Gasteiger partial charge on any atom is 0.163 e. The molecule has 4 aromatic rings. The summed E-state index contributed by atoms with van der Waals surface area (Å²) in [6, 6.07) is 22.4. The molecule has 0 aliphatic rings. The van der Waals surface area contributed by atoms with Crippen molar-refractivity contribution >= 4 is 0 Å². The van der Waals surface area contributed by atoms with Gasteiger partial charge in [0.1, 0.15) is 0 Å². The Morgan fingerprint density at radius 3 is 1.75 bits per heavy atom. The molecule has 4 nitrogen and oxygen atoms in total. The molecule has 24 heavy (non-hydrogen) atoms. The van der Waals surface area contributed by atoms with Crippen molar-refractivity contribution in [3.8, 4) is 0 Å². The second-order valence-corrected chi connectivity index (χ2v) is 5.48. The van der Waals surface area contributed by atoms with E-state index in [0.29, 0.717) is 5.82 Å². The molecule has 2 aromatic heterocycles.